The number of likely N-dealkylation sites (tertiary alicyclic amines) is 1. The van der Waals surface area contributed by atoms with Gasteiger partial charge in [-0.2, -0.15) is 0 Å². The lowest BCUT2D eigenvalue weighted by Gasteiger charge is -2.40. The number of hydrogen-bond donors (Lipinski definition) is 1. The van der Waals surface area contributed by atoms with Gasteiger partial charge in [0.05, 0.1) is 11.6 Å². The highest BCUT2D eigenvalue weighted by molar-refractivity contribution is 5.94. The van der Waals surface area contributed by atoms with Crippen molar-refractivity contribution in [1.29, 1.82) is 0 Å². The highest BCUT2D eigenvalue weighted by Gasteiger charge is 2.50. The van der Waals surface area contributed by atoms with Crippen LogP contribution < -0.4 is 5.32 Å². The molecule has 0 aromatic rings. The fourth-order valence-corrected chi connectivity index (χ4v) is 2.85. The van der Waals surface area contributed by atoms with Gasteiger partial charge in [0, 0.05) is 39.8 Å². The van der Waals surface area contributed by atoms with Gasteiger partial charge in [0.2, 0.25) is 12.3 Å². The van der Waals surface area contributed by atoms with Crippen molar-refractivity contribution in [3.05, 3.63) is 0 Å². The molecule has 0 aromatic carbocycles. The summed E-state index contributed by atoms with van der Waals surface area (Å²) in [5, 5.41) is 2.80. The minimum atomic E-state index is -0.262. The lowest BCUT2D eigenvalue weighted by molar-refractivity contribution is -0.133. The Morgan fingerprint density at radius 2 is 1.79 bits per heavy atom. The third-order valence-corrected chi connectivity index (χ3v) is 4.59. The number of fused-ring (bicyclic) bond motifs is 1. The number of nitrogens with zero attached hydrogens (tertiary/aromatic N) is 3. The molecule has 0 radical (unpaired) electrons. The molecule has 8 heteroatoms. The molecule has 3 rings (SSSR count). The molecule has 0 saturated carbocycles. The molecule has 4 amide bonds. The van der Waals surface area contributed by atoms with Gasteiger partial charge in [0.1, 0.15) is 6.04 Å². The molecule has 3 fully saturated rings. The molecule has 2 unspecified atom stereocenters. The maximum atomic E-state index is 12.3. The van der Waals surface area contributed by atoms with Crippen LogP contribution in [0.15, 0.2) is 0 Å². The van der Waals surface area contributed by atoms with Crippen LogP contribution >= 0.6 is 0 Å². The molecule has 0 aromatic heterocycles. The molecule has 3 aliphatic heterocycles. The van der Waals surface area contributed by atoms with Gasteiger partial charge in [-0.3, -0.25) is 9.59 Å². The summed E-state index contributed by atoms with van der Waals surface area (Å²) in [5.74, 6) is -0.0441. The van der Waals surface area contributed by atoms with Gasteiger partial charge in [0.15, 0.2) is 0 Å². The van der Waals surface area contributed by atoms with Crippen molar-refractivity contribution in [3.63, 3.8) is 0 Å². The molecule has 1 N–H and O–H groups in total. The van der Waals surface area contributed by atoms with E-state index >= 15 is 0 Å². The molecule has 0 bridgehead atoms. The van der Waals surface area contributed by atoms with E-state index in [1.807, 2.05) is 20.8 Å². The summed E-state index contributed by atoms with van der Waals surface area (Å²) < 4.78 is 4.94. The van der Waals surface area contributed by atoms with Crippen LogP contribution in [0.25, 0.3) is 0 Å². The summed E-state index contributed by atoms with van der Waals surface area (Å²) in [7, 11) is 1.71. The van der Waals surface area contributed by atoms with Gasteiger partial charge >= 0.3 is 6.03 Å². The number of methoxy groups -OCH3 is 1. The van der Waals surface area contributed by atoms with Gasteiger partial charge in [-0.25, -0.2) is 4.79 Å². The number of ether oxygens (including phenoxy) is 1. The lowest BCUT2D eigenvalue weighted by Crippen LogP contribution is -2.66. The van der Waals surface area contributed by atoms with Crippen LogP contribution in [0.1, 0.15) is 27.2 Å². The summed E-state index contributed by atoms with van der Waals surface area (Å²) in [6, 6.07) is -0.179. The number of carbonyl (C=O) groups excluding carboxylic acids is 3. The van der Waals surface area contributed by atoms with Crippen LogP contribution in [0.3, 0.4) is 0 Å². The first-order chi connectivity index (χ1) is 11.3. The van der Waals surface area contributed by atoms with Crippen LogP contribution in [-0.4, -0.2) is 90.6 Å². The van der Waals surface area contributed by atoms with Crippen LogP contribution in [0.5, 0.6) is 0 Å². The SMILES string of the molecule is COC(C)(C)C.O=CN1CCN(C(=O)N2CCC3NC(=O)C32)CC1. The standard InChI is InChI=1S/C11H16N4O3.C5H12O/c16-7-13-3-5-14(6-4-13)11(18)15-2-1-8-9(15)10(17)12-8;1-5(2,3)6-4/h7-9H,1-6H2,(H,12,17);1-4H3. The van der Waals surface area contributed by atoms with Crippen molar-refractivity contribution >= 4 is 18.3 Å². The second kappa shape index (κ2) is 7.38. The molecule has 3 saturated heterocycles. The third kappa shape index (κ3) is 4.17. The van der Waals surface area contributed by atoms with Crippen molar-refractivity contribution in [2.45, 2.75) is 44.9 Å². The smallest absolute Gasteiger partial charge is 0.320 e. The van der Waals surface area contributed by atoms with Gasteiger partial charge in [0.25, 0.3) is 0 Å². The van der Waals surface area contributed by atoms with Gasteiger partial charge in [-0.1, -0.05) is 0 Å². The summed E-state index contributed by atoms with van der Waals surface area (Å²) in [6.45, 7) is 8.95. The Balaban J connectivity index is 0.000000301. The van der Waals surface area contributed by atoms with Crippen molar-refractivity contribution in [2.24, 2.45) is 0 Å². The molecule has 3 aliphatic rings. The molecule has 0 aliphatic carbocycles. The number of urea groups is 1. The van der Waals surface area contributed by atoms with E-state index in [1.165, 1.54) is 0 Å². The molecule has 24 heavy (non-hydrogen) atoms. The molecular formula is C16H28N4O4. The van der Waals surface area contributed by atoms with E-state index in [1.54, 1.807) is 21.8 Å². The summed E-state index contributed by atoms with van der Waals surface area (Å²) in [4.78, 5) is 39.4. The van der Waals surface area contributed by atoms with Crippen LogP contribution in [-0.2, 0) is 14.3 Å². The second-order valence-corrected chi connectivity index (χ2v) is 7.27. The van der Waals surface area contributed by atoms with Gasteiger partial charge in [-0.15, -0.1) is 0 Å². The molecule has 0 spiro atoms. The predicted molar refractivity (Wildman–Crippen MR) is 88.4 cm³/mol. The Morgan fingerprint density at radius 3 is 2.25 bits per heavy atom. The normalized spacial score (nSPS) is 26.0. The first kappa shape index (κ1) is 18.5. The number of β-lactam (4-membered cyclic amide) rings is 1. The fourth-order valence-electron chi connectivity index (χ4n) is 2.85. The topological polar surface area (TPSA) is 82.2 Å². The van der Waals surface area contributed by atoms with Crippen molar-refractivity contribution < 1.29 is 19.1 Å². The lowest BCUT2D eigenvalue weighted by atomic mass is 10.0. The Labute approximate surface area is 143 Å². The summed E-state index contributed by atoms with van der Waals surface area (Å²) in [6.07, 6.45) is 1.66. The zero-order chi connectivity index (χ0) is 17.9. The Morgan fingerprint density at radius 1 is 1.21 bits per heavy atom. The molecule has 3 heterocycles. The van der Waals surface area contributed by atoms with Gasteiger partial charge in [-0.05, 0) is 27.2 Å². The number of piperazine rings is 1. The maximum Gasteiger partial charge on any atom is 0.320 e. The maximum absolute atomic E-state index is 12.3. The predicted octanol–water partition coefficient (Wildman–Crippen LogP) is -0.116. The van der Waals surface area contributed by atoms with Gasteiger partial charge < -0.3 is 24.8 Å². The number of carbonyl (C=O) groups is 3. The zero-order valence-electron chi connectivity index (χ0n) is 14.9. The quantitative estimate of drug-likeness (QED) is 0.533. The molecule has 8 nitrogen and oxygen atoms in total. The number of hydrogen-bond acceptors (Lipinski definition) is 4. The van der Waals surface area contributed by atoms with E-state index in [2.05, 4.69) is 5.32 Å². The van der Waals surface area contributed by atoms with E-state index in [9.17, 15) is 14.4 Å². The molecule has 2 atom stereocenters. The Kier molecular flexibility index (Phi) is 5.69. The number of amides is 4. The van der Waals surface area contributed by atoms with E-state index < -0.39 is 0 Å². The zero-order valence-corrected chi connectivity index (χ0v) is 14.9. The molecule has 136 valence electrons. The Hall–Kier alpha value is -1.83. The van der Waals surface area contributed by atoms with Crippen LogP contribution in [0.2, 0.25) is 0 Å². The fraction of sp³-hybridized carbons (Fsp3) is 0.812. The first-order valence-electron chi connectivity index (χ1n) is 8.37. The number of rotatable bonds is 1. The minimum Gasteiger partial charge on any atom is -0.379 e. The first-order valence-corrected chi connectivity index (χ1v) is 8.37. The van der Waals surface area contributed by atoms with Crippen LogP contribution in [0.4, 0.5) is 4.79 Å². The van der Waals surface area contributed by atoms with E-state index in [0.29, 0.717) is 32.7 Å². The van der Waals surface area contributed by atoms with Crippen LogP contribution in [0, 0.1) is 0 Å². The number of nitrogens with one attached hydrogen (secondary N) is 1. The summed E-state index contributed by atoms with van der Waals surface area (Å²) in [5.41, 5.74) is 0.0417. The minimum absolute atomic E-state index is 0.0417. The van der Waals surface area contributed by atoms with Crippen molar-refractivity contribution in [1.82, 2.24) is 20.0 Å². The largest absolute Gasteiger partial charge is 0.379 e. The summed E-state index contributed by atoms with van der Waals surface area (Å²) >= 11 is 0. The van der Waals surface area contributed by atoms with E-state index in [-0.39, 0.29) is 29.6 Å². The highest BCUT2D eigenvalue weighted by Crippen LogP contribution is 2.26. The third-order valence-electron chi connectivity index (χ3n) is 4.59. The second-order valence-electron chi connectivity index (χ2n) is 7.27. The average molecular weight is 340 g/mol. The van der Waals surface area contributed by atoms with Crippen molar-refractivity contribution in [2.75, 3.05) is 39.8 Å². The average Bonchev–Trinajstić information content (AvgIpc) is 2.91. The monoisotopic (exact) mass is 340 g/mol. The van der Waals surface area contributed by atoms with Crippen molar-refractivity contribution in [3.8, 4) is 0 Å². The van der Waals surface area contributed by atoms with E-state index in [0.717, 1.165) is 12.8 Å². The molecular weight excluding hydrogens is 312 g/mol. The van der Waals surface area contributed by atoms with E-state index in [4.69, 9.17) is 4.74 Å². The highest BCUT2D eigenvalue weighted by atomic mass is 16.5. The Bertz CT molecular complexity index is 483.